The van der Waals surface area contributed by atoms with Crippen LogP contribution in [-0.2, 0) is 13.0 Å². The molecule has 0 saturated carbocycles. The minimum atomic E-state index is -0.149. The Balaban J connectivity index is 1.47. The molecule has 1 aliphatic heterocycles. The van der Waals surface area contributed by atoms with Crippen molar-refractivity contribution in [1.82, 2.24) is 35.4 Å². The number of likely N-dealkylation sites (N-methyl/N-ethyl adjacent to an activating group) is 1. The quantitative estimate of drug-likeness (QED) is 0.748. The zero-order valence-corrected chi connectivity index (χ0v) is 16.4. The van der Waals surface area contributed by atoms with Crippen molar-refractivity contribution in [3.05, 3.63) is 23.6 Å². The van der Waals surface area contributed by atoms with Gasteiger partial charge in [0.05, 0.1) is 6.20 Å². The zero-order valence-electron chi connectivity index (χ0n) is 16.4. The predicted octanol–water partition coefficient (Wildman–Crippen LogP) is 1.63. The average molecular weight is 375 g/mol. The molecular weight excluding hydrogens is 346 g/mol. The zero-order chi connectivity index (χ0) is 19.2. The second-order valence-corrected chi connectivity index (χ2v) is 7.48. The smallest absolute Gasteiger partial charge is 0.275 e. The van der Waals surface area contributed by atoms with Crippen molar-refractivity contribution in [2.24, 2.45) is 0 Å². The van der Waals surface area contributed by atoms with Crippen LogP contribution in [0.1, 0.15) is 67.7 Å². The fraction of sp³-hybridized carbons (Fsp3) is 0.722. The fourth-order valence-electron chi connectivity index (χ4n) is 3.13. The van der Waals surface area contributed by atoms with Gasteiger partial charge in [0.15, 0.2) is 11.5 Å². The first-order valence-corrected chi connectivity index (χ1v) is 9.74. The van der Waals surface area contributed by atoms with Crippen LogP contribution in [0, 0.1) is 0 Å². The molecule has 1 fully saturated rings. The fourth-order valence-corrected chi connectivity index (χ4v) is 3.13. The van der Waals surface area contributed by atoms with Crippen molar-refractivity contribution >= 4 is 5.91 Å². The van der Waals surface area contributed by atoms with Gasteiger partial charge in [-0.05, 0) is 25.8 Å². The highest BCUT2D eigenvalue weighted by molar-refractivity contribution is 5.91. The van der Waals surface area contributed by atoms with E-state index in [1.165, 1.54) is 19.3 Å². The van der Waals surface area contributed by atoms with Crippen LogP contribution in [0.15, 0.2) is 10.7 Å². The molecule has 1 aliphatic rings. The van der Waals surface area contributed by atoms with E-state index >= 15 is 0 Å². The number of amides is 1. The molecule has 1 N–H and O–H groups in total. The lowest BCUT2D eigenvalue weighted by molar-refractivity contribution is 0.0790. The largest absolute Gasteiger partial charge is 0.340 e. The van der Waals surface area contributed by atoms with Gasteiger partial charge >= 0.3 is 0 Å². The monoisotopic (exact) mass is 375 g/mol. The summed E-state index contributed by atoms with van der Waals surface area (Å²) in [5, 5.41) is 15.6. The van der Waals surface area contributed by atoms with Crippen LogP contribution in [0.3, 0.4) is 0 Å². The Labute approximate surface area is 159 Å². The number of nitrogens with zero attached hydrogens (tertiary/aromatic N) is 6. The van der Waals surface area contributed by atoms with Gasteiger partial charge in [0.1, 0.15) is 0 Å². The van der Waals surface area contributed by atoms with E-state index in [9.17, 15) is 4.79 Å². The van der Waals surface area contributed by atoms with Crippen molar-refractivity contribution in [3.8, 4) is 0 Å². The van der Waals surface area contributed by atoms with Crippen LogP contribution in [0.5, 0.6) is 0 Å². The maximum Gasteiger partial charge on any atom is 0.275 e. The van der Waals surface area contributed by atoms with E-state index in [-0.39, 0.29) is 11.8 Å². The molecule has 3 heterocycles. The first-order valence-electron chi connectivity index (χ1n) is 9.74. The van der Waals surface area contributed by atoms with Crippen molar-refractivity contribution in [3.63, 3.8) is 0 Å². The van der Waals surface area contributed by atoms with Crippen LogP contribution in [0.4, 0.5) is 0 Å². The standard InChI is InChI=1S/C18H29N7O2/c1-13(2)17-20-16(22-27-17)8-10-24(3)18(26)15-12-25(23-21-15)11-7-14-6-4-5-9-19-14/h12-14,19H,4-11H2,1-3H3. The Kier molecular flexibility index (Phi) is 6.54. The minimum absolute atomic E-state index is 0.149. The van der Waals surface area contributed by atoms with E-state index in [4.69, 9.17) is 4.52 Å². The summed E-state index contributed by atoms with van der Waals surface area (Å²) in [7, 11) is 1.75. The first kappa shape index (κ1) is 19.5. The predicted molar refractivity (Wildman–Crippen MR) is 99.3 cm³/mol. The molecule has 0 bridgehead atoms. The second-order valence-electron chi connectivity index (χ2n) is 7.48. The lowest BCUT2D eigenvalue weighted by atomic mass is 10.0. The number of carbonyl (C=O) groups is 1. The summed E-state index contributed by atoms with van der Waals surface area (Å²) in [6, 6.07) is 0.537. The molecule has 1 saturated heterocycles. The molecule has 0 spiro atoms. The summed E-state index contributed by atoms with van der Waals surface area (Å²) < 4.78 is 6.94. The third kappa shape index (κ3) is 5.35. The van der Waals surface area contributed by atoms with Gasteiger partial charge in [0, 0.05) is 38.5 Å². The van der Waals surface area contributed by atoms with Gasteiger partial charge in [-0.15, -0.1) is 5.10 Å². The van der Waals surface area contributed by atoms with Crippen molar-refractivity contribution < 1.29 is 9.32 Å². The maximum absolute atomic E-state index is 12.5. The number of aryl methyl sites for hydroxylation is 1. The van der Waals surface area contributed by atoms with Crippen LogP contribution >= 0.6 is 0 Å². The van der Waals surface area contributed by atoms with Crippen molar-refractivity contribution in [2.45, 2.75) is 64.5 Å². The third-order valence-electron chi connectivity index (χ3n) is 4.87. The molecule has 2 aromatic rings. The van der Waals surface area contributed by atoms with Crippen LogP contribution in [0.25, 0.3) is 0 Å². The van der Waals surface area contributed by atoms with E-state index < -0.39 is 0 Å². The summed E-state index contributed by atoms with van der Waals surface area (Å²) in [5.74, 6) is 1.28. The Morgan fingerprint density at radius 3 is 3.00 bits per heavy atom. The van der Waals surface area contributed by atoms with Crippen molar-refractivity contribution in [2.75, 3.05) is 20.1 Å². The Bertz CT molecular complexity index is 734. The van der Waals surface area contributed by atoms with E-state index in [0.29, 0.717) is 36.4 Å². The maximum atomic E-state index is 12.5. The molecule has 2 aromatic heterocycles. The Hall–Kier alpha value is -2.29. The molecule has 148 valence electrons. The van der Waals surface area contributed by atoms with Crippen LogP contribution in [0.2, 0.25) is 0 Å². The molecule has 3 rings (SSSR count). The number of rotatable bonds is 8. The molecular formula is C18H29N7O2. The molecule has 0 radical (unpaired) electrons. The minimum Gasteiger partial charge on any atom is -0.340 e. The first-order chi connectivity index (χ1) is 13.0. The summed E-state index contributed by atoms with van der Waals surface area (Å²) >= 11 is 0. The second kappa shape index (κ2) is 9.07. The van der Waals surface area contributed by atoms with Crippen LogP contribution in [-0.4, -0.2) is 62.1 Å². The van der Waals surface area contributed by atoms with Crippen LogP contribution < -0.4 is 5.32 Å². The van der Waals surface area contributed by atoms with Gasteiger partial charge in [-0.1, -0.05) is 30.6 Å². The molecule has 1 amide bonds. The third-order valence-corrected chi connectivity index (χ3v) is 4.87. The summed E-state index contributed by atoms with van der Waals surface area (Å²) in [5.41, 5.74) is 0.366. The number of nitrogens with one attached hydrogen (secondary N) is 1. The number of hydrogen-bond acceptors (Lipinski definition) is 7. The van der Waals surface area contributed by atoms with Crippen molar-refractivity contribution in [1.29, 1.82) is 0 Å². The normalized spacial score (nSPS) is 17.4. The average Bonchev–Trinajstić information content (AvgIpc) is 3.34. The molecule has 0 aromatic carbocycles. The molecule has 0 aliphatic carbocycles. The summed E-state index contributed by atoms with van der Waals surface area (Å²) in [6.07, 6.45) is 7.02. The molecule has 1 unspecified atom stereocenters. The highest BCUT2D eigenvalue weighted by Crippen LogP contribution is 2.12. The SMILES string of the molecule is CC(C)c1nc(CCN(C)C(=O)c2cn(CCC3CCCCN3)nn2)no1. The molecule has 9 nitrogen and oxygen atoms in total. The topological polar surface area (TPSA) is 102 Å². The van der Waals surface area contributed by atoms with E-state index in [0.717, 1.165) is 19.5 Å². The Morgan fingerprint density at radius 2 is 2.30 bits per heavy atom. The van der Waals surface area contributed by atoms with Gasteiger partial charge in [-0.25, -0.2) is 0 Å². The number of aromatic nitrogens is 5. The highest BCUT2D eigenvalue weighted by Gasteiger charge is 2.18. The van der Waals surface area contributed by atoms with E-state index in [2.05, 4.69) is 25.8 Å². The number of carbonyl (C=O) groups excluding carboxylic acids is 1. The Morgan fingerprint density at radius 1 is 1.44 bits per heavy atom. The molecule has 1 atom stereocenters. The number of hydrogen-bond donors (Lipinski definition) is 1. The lowest BCUT2D eigenvalue weighted by Crippen LogP contribution is -2.34. The highest BCUT2D eigenvalue weighted by atomic mass is 16.5. The van der Waals surface area contributed by atoms with Gasteiger partial charge in [0.25, 0.3) is 5.91 Å². The van der Waals surface area contributed by atoms with Gasteiger partial charge < -0.3 is 14.7 Å². The lowest BCUT2D eigenvalue weighted by Gasteiger charge is -2.23. The summed E-state index contributed by atoms with van der Waals surface area (Å²) in [4.78, 5) is 18.5. The number of piperidine rings is 1. The van der Waals surface area contributed by atoms with E-state index in [1.807, 2.05) is 13.8 Å². The van der Waals surface area contributed by atoms with E-state index in [1.54, 1.807) is 22.8 Å². The molecule has 9 heteroatoms. The van der Waals surface area contributed by atoms with Gasteiger partial charge in [0.2, 0.25) is 5.89 Å². The summed E-state index contributed by atoms with van der Waals surface area (Å²) in [6.45, 7) is 6.36. The van der Waals surface area contributed by atoms with Gasteiger partial charge in [-0.2, -0.15) is 4.98 Å². The van der Waals surface area contributed by atoms with Gasteiger partial charge in [-0.3, -0.25) is 9.48 Å². The molecule has 27 heavy (non-hydrogen) atoms.